The van der Waals surface area contributed by atoms with Gasteiger partial charge < -0.3 is 25.5 Å². The predicted molar refractivity (Wildman–Crippen MR) is 158 cm³/mol. The van der Waals surface area contributed by atoms with Crippen molar-refractivity contribution in [2.45, 2.75) is 65.2 Å². The maximum atomic E-state index is 13.1. The standard InChI is InChI=1S/C32H37N5O4/c1-17(2)30(38)40-27-26(37-14-11-21-23(33)10-13-35-29(21)37)22-16-32(22,28(27)41-31(39)18(3)4)12-9-19-5-6-20-7-8-25(34)36-24(20)15-19/h5-8,10-11,13-15,17-18,22,26-28H,9,12,16H2,1-4H3,(H2,33,35)(H2,34,36)/t22-,26-,27+,28+,32-/m1/s1. The number of ether oxygens (including phenoxy) is 2. The number of aryl methyl sites for hydroxylation is 1. The van der Waals surface area contributed by atoms with Crippen molar-refractivity contribution in [3.8, 4) is 0 Å². The molecule has 4 aromatic rings. The molecule has 9 nitrogen and oxygen atoms in total. The Balaban J connectivity index is 1.39. The van der Waals surface area contributed by atoms with Gasteiger partial charge in [0.2, 0.25) is 0 Å². The van der Waals surface area contributed by atoms with Crippen LogP contribution < -0.4 is 11.5 Å². The van der Waals surface area contributed by atoms with Gasteiger partial charge in [-0.3, -0.25) is 9.59 Å². The number of esters is 2. The first kappa shape index (κ1) is 27.1. The Morgan fingerprint density at radius 2 is 1.76 bits per heavy atom. The number of carbonyl (C=O) groups excluding carboxylic acids is 2. The van der Waals surface area contributed by atoms with E-state index in [9.17, 15) is 9.59 Å². The molecule has 2 aliphatic rings. The molecule has 6 rings (SSSR count). The molecule has 0 spiro atoms. The molecule has 2 aliphatic carbocycles. The summed E-state index contributed by atoms with van der Waals surface area (Å²) in [5, 5.41) is 1.88. The molecule has 5 atom stereocenters. The van der Waals surface area contributed by atoms with E-state index in [0.29, 0.717) is 11.5 Å². The summed E-state index contributed by atoms with van der Waals surface area (Å²) in [5.74, 6) is -0.628. The molecule has 3 aromatic heterocycles. The molecule has 9 heteroatoms. The van der Waals surface area contributed by atoms with E-state index in [0.717, 1.165) is 46.8 Å². The monoisotopic (exact) mass is 555 g/mol. The van der Waals surface area contributed by atoms with Crippen molar-refractivity contribution in [2.24, 2.45) is 23.2 Å². The first-order valence-corrected chi connectivity index (χ1v) is 14.4. The fraction of sp³-hybridized carbons (Fsp3) is 0.438. The Kier molecular flexibility index (Phi) is 6.63. The average molecular weight is 556 g/mol. The second-order valence-electron chi connectivity index (χ2n) is 12.2. The zero-order valence-corrected chi connectivity index (χ0v) is 23.9. The van der Waals surface area contributed by atoms with Crippen LogP contribution in [0.15, 0.2) is 54.9 Å². The zero-order valence-electron chi connectivity index (χ0n) is 23.9. The van der Waals surface area contributed by atoms with Crippen LogP contribution in [0.25, 0.3) is 21.9 Å². The lowest BCUT2D eigenvalue weighted by atomic mass is 9.90. The molecular weight excluding hydrogens is 518 g/mol. The molecule has 0 radical (unpaired) electrons. The van der Waals surface area contributed by atoms with Gasteiger partial charge in [-0.15, -0.1) is 0 Å². The fourth-order valence-corrected chi connectivity index (χ4v) is 6.53. The van der Waals surface area contributed by atoms with Crippen LogP contribution >= 0.6 is 0 Å². The van der Waals surface area contributed by atoms with Crippen molar-refractivity contribution in [3.63, 3.8) is 0 Å². The van der Waals surface area contributed by atoms with Crippen LogP contribution in [0, 0.1) is 23.2 Å². The van der Waals surface area contributed by atoms with Gasteiger partial charge in [0.1, 0.15) is 17.6 Å². The van der Waals surface area contributed by atoms with Crippen LogP contribution in [0.2, 0.25) is 0 Å². The molecule has 3 heterocycles. The van der Waals surface area contributed by atoms with Crippen LogP contribution in [-0.2, 0) is 25.5 Å². The Hall–Kier alpha value is -4.14. The maximum absolute atomic E-state index is 13.1. The number of anilines is 2. The third kappa shape index (κ3) is 4.67. The Labute approximate surface area is 239 Å². The number of aromatic nitrogens is 3. The highest BCUT2D eigenvalue weighted by Gasteiger charge is 2.74. The minimum Gasteiger partial charge on any atom is -0.458 e. The molecule has 41 heavy (non-hydrogen) atoms. The second kappa shape index (κ2) is 10.0. The van der Waals surface area contributed by atoms with Crippen molar-refractivity contribution in [2.75, 3.05) is 11.5 Å². The summed E-state index contributed by atoms with van der Waals surface area (Å²) in [6.07, 6.45) is 4.80. The molecule has 0 aliphatic heterocycles. The Bertz CT molecular complexity index is 1650. The number of rotatable bonds is 8. The Morgan fingerprint density at radius 1 is 1.02 bits per heavy atom. The Morgan fingerprint density at radius 3 is 2.51 bits per heavy atom. The first-order chi connectivity index (χ1) is 19.6. The number of fused-ring (bicyclic) bond motifs is 3. The summed E-state index contributed by atoms with van der Waals surface area (Å²) in [6.45, 7) is 7.26. The zero-order chi connectivity index (χ0) is 29.1. The quantitative estimate of drug-likeness (QED) is 0.287. The van der Waals surface area contributed by atoms with Gasteiger partial charge in [-0.2, -0.15) is 0 Å². The lowest BCUT2D eigenvalue weighted by Gasteiger charge is -2.32. The summed E-state index contributed by atoms with van der Waals surface area (Å²) in [4.78, 5) is 35.2. The number of nitrogen functional groups attached to an aromatic ring is 2. The molecule has 2 saturated carbocycles. The molecule has 1 aromatic carbocycles. The van der Waals surface area contributed by atoms with Crippen molar-refractivity contribution >= 4 is 45.4 Å². The van der Waals surface area contributed by atoms with E-state index in [4.69, 9.17) is 20.9 Å². The molecular formula is C32H37N5O4. The molecule has 0 saturated heterocycles. The summed E-state index contributed by atoms with van der Waals surface area (Å²) in [7, 11) is 0. The largest absolute Gasteiger partial charge is 0.458 e. The van der Waals surface area contributed by atoms with Gasteiger partial charge in [-0.25, -0.2) is 9.97 Å². The lowest BCUT2D eigenvalue weighted by molar-refractivity contribution is -0.177. The number of benzene rings is 1. The second-order valence-corrected chi connectivity index (χ2v) is 12.2. The fourth-order valence-electron chi connectivity index (χ4n) is 6.53. The highest BCUT2D eigenvalue weighted by Crippen LogP contribution is 2.71. The summed E-state index contributed by atoms with van der Waals surface area (Å²) in [6, 6.07) is 13.5. The van der Waals surface area contributed by atoms with E-state index in [1.807, 2.05) is 46.0 Å². The summed E-state index contributed by atoms with van der Waals surface area (Å²) in [5.41, 5.74) is 15.2. The van der Waals surface area contributed by atoms with Gasteiger partial charge in [0.05, 0.1) is 23.4 Å². The molecule has 0 amide bonds. The van der Waals surface area contributed by atoms with E-state index in [-0.39, 0.29) is 41.1 Å². The van der Waals surface area contributed by atoms with E-state index in [2.05, 4.69) is 32.7 Å². The minimum absolute atomic E-state index is 0.130. The van der Waals surface area contributed by atoms with E-state index in [1.54, 1.807) is 18.3 Å². The van der Waals surface area contributed by atoms with Crippen LogP contribution in [0.5, 0.6) is 0 Å². The predicted octanol–water partition coefficient (Wildman–Crippen LogP) is 5.08. The van der Waals surface area contributed by atoms with Gasteiger partial charge >= 0.3 is 11.9 Å². The van der Waals surface area contributed by atoms with E-state index in [1.165, 1.54) is 0 Å². The average Bonchev–Trinajstić information content (AvgIpc) is 3.40. The van der Waals surface area contributed by atoms with Gasteiger partial charge in [0, 0.05) is 34.3 Å². The molecule has 4 N–H and O–H groups in total. The molecule has 2 fully saturated rings. The number of pyridine rings is 2. The molecule has 214 valence electrons. The maximum Gasteiger partial charge on any atom is 0.308 e. The number of hydrogen-bond acceptors (Lipinski definition) is 8. The van der Waals surface area contributed by atoms with Crippen LogP contribution in [0.1, 0.15) is 52.1 Å². The highest BCUT2D eigenvalue weighted by atomic mass is 16.6. The number of nitrogens with two attached hydrogens (primary N) is 2. The van der Waals surface area contributed by atoms with E-state index < -0.39 is 12.2 Å². The van der Waals surface area contributed by atoms with Crippen molar-refractivity contribution in [1.29, 1.82) is 0 Å². The van der Waals surface area contributed by atoms with Crippen molar-refractivity contribution in [3.05, 3.63) is 60.4 Å². The van der Waals surface area contributed by atoms with Gasteiger partial charge in [-0.1, -0.05) is 39.8 Å². The summed E-state index contributed by atoms with van der Waals surface area (Å²) < 4.78 is 14.5. The number of nitrogens with zero attached hydrogens (tertiary/aromatic N) is 3. The SMILES string of the molecule is CC(C)C(=O)O[C@H]1[C@H](n2ccc3c(N)ccnc32)[C@H]2C[C@@]2(CCc2ccc3ccc(N)nc3c2)[C@H]1OC(=O)C(C)C. The minimum atomic E-state index is -0.650. The first-order valence-electron chi connectivity index (χ1n) is 14.4. The normalized spacial score (nSPS) is 25.1. The smallest absolute Gasteiger partial charge is 0.308 e. The van der Waals surface area contributed by atoms with Crippen LogP contribution in [0.4, 0.5) is 11.5 Å². The van der Waals surface area contributed by atoms with Crippen LogP contribution in [-0.4, -0.2) is 38.7 Å². The molecule has 0 unspecified atom stereocenters. The highest BCUT2D eigenvalue weighted by molar-refractivity contribution is 5.88. The van der Waals surface area contributed by atoms with Gasteiger partial charge in [0.25, 0.3) is 0 Å². The number of carbonyl (C=O) groups is 2. The van der Waals surface area contributed by atoms with Crippen molar-refractivity contribution in [1.82, 2.24) is 14.5 Å². The van der Waals surface area contributed by atoms with Gasteiger partial charge in [0.15, 0.2) is 6.10 Å². The third-order valence-corrected chi connectivity index (χ3v) is 8.86. The van der Waals surface area contributed by atoms with Gasteiger partial charge in [-0.05, 0) is 61.1 Å². The molecule has 0 bridgehead atoms. The van der Waals surface area contributed by atoms with Crippen LogP contribution in [0.3, 0.4) is 0 Å². The summed E-state index contributed by atoms with van der Waals surface area (Å²) >= 11 is 0. The van der Waals surface area contributed by atoms with Crippen molar-refractivity contribution < 1.29 is 19.1 Å². The number of hydrogen-bond donors (Lipinski definition) is 2. The topological polar surface area (TPSA) is 135 Å². The third-order valence-electron chi connectivity index (χ3n) is 8.86. The lowest BCUT2D eigenvalue weighted by Crippen LogP contribution is -2.42. The van der Waals surface area contributed by atoms with E-state index >= 15 is 0 Å².